The van der Waals surface area contributed by atoms with Gasteiger partial charge in [0.05, 0.1) is 9.80 Å². The zero-order valence-electron chi connectivity index (χ0n) is 16.1. The fourth-order valence-corrected chi connectivity index (χ4v) is 3.02. The topological polar surface area (TPSA) is 128 Å². The van der Waals surface area contributed by atoms with E-state index in [1.54, 1.807) is 31.4 Å². The molecule has 0 aliphatic carbocycles. The molecule has 29 heavy (non-hydrogen) atoms. The lowest BCUT2D eigenvalue weighted by Crippen LogP contribution is -2.47. The molecule has 0 spiro atoms. The van der Waals surface area contributed by atoms with Crippen LogP contribution in [0.3, 0.4) is 0 Å². The third-order valence-corrected chi connectivity index (χ3v) is 4.84. The lowest BCUT2D eigenvalue weighted by molar-refractivity contribution is -0.383. The van der Waals surface area contributed by atoms with Crippen LogP contribution in [-0.4, -0.2) is 34.9 Å². The van der Waals surface area contributed by atoms with Gasteiger partial charge in [-0.2, -0.15) is 0 Å². The van der Waals surface area contributed by atoms with Crippen LogP contribution in [0.1, 0.15) is 30.4 Å². The van der Waals surface area contributed by atoms with Gasteiger partial charge in [0.25, 0.3) is 17.5 Å². The first-order chi connectivity index (χ1) is 13.7. The normalized spacial score (nSPS) is 12.7. The Morgan fingerprint density at radius 1 is 1.10 bits per heavy atom. The summed E-state index contributed by atoms with van der Waals surface area (Å²) in [7, 11) is 0. The highest BCUT2D eigenvalue weighted by molar-refractivity contribution is 7.12. The molecular weight excluding hydrogens is 398 g/mol. The number of carbonyl (C=O) groups excluding carboxylic acids is 3. The SMILES string of the molecule is CC(C)[C@H](NC(=O)c1cccs1)C(=O)O[C@H](C)C(=O)Nc1ccccc1[N+](=O)[O-]. The van der Waals surface area contributed by atoms with Gasteiger partial charge in [-0.15, -0.1) is 11.3 Å². The Bertz CT molecular complexity index is 897. The van der Waals surface area contributed by atoms with Crippen LogP contribution in [0.4, 0.5) is 11.4 Å². The molecule has 0 unspecified atom stereocenters. The molecule has 1 aromatic carbocycles. The smallest absolute Gasteiger partial charge is 0.329 e. The van der Waals surface area contributed by atoms with E-state index in [0.717, 1.165) is 0 Å². The maximum absolute atomic E-state index is 12.5. The van der Waals surface area contributed by atoms with Crippen LogP contribution >= 0.6 is 11.3 Å². The Kier molecular flexibility index (Phi) is 7.43. The van der Waals surface area contributed by atoms with Gasteiger partial charge >= 0.3 is 5.97 Å². The minimum Gasteiger partial charge on any atom is -0.451 e. The number of thiophene rings is 1. The van der Waals surface area contributed by atoms with Crippen LogP contribution in [0.25, 0.3) is 0 Å². The first-order valence-corrected chi connectivity index (χ1v) is 9.67. The van der Waals surface area contributed by atoms with Gasteiger partial charge in [-0.1, -0.05) is 32.0 Å². The van der Waals surface area contributed by atoms with Crippen LogP contribution < -0.4 is 10.6 Å². The van der Waals surface area contributed by atoms with Crippen molar-refractivity contribution in [1.29, 1.82) is 0 Å². The van der Waals surface area contributed by atoms with E-state index < -0.39 is 34.9 Å². The maximum Gasteiger partial charge on any atom is 0.329 e. The molecule has 2 atom stereocenters. The number of nitro benzene ring substituents is 1. The van der Waals surface area contributed by atoms with Crippen LogP contribution in [0.15, 0.2) is 41.8 Å². The Hall–Kier alpha value is -3.27. The van der Waals surface area contributed by atoms with Crippen LogP contribution in [-0.2, 0) is 14.3 Å². The Morgan fingerprint density at radius 3 is 2.38 bits per heavy atom. The summed E-state index contributed by atoms with van der Waals surface area (Å²) >= 11 is 1.24. The minimum absolute atomic E-state index is 0.00296. The van der Waals surface area contributed by atoms with E-state index in [1.807, 2.05) is 0 Å². The molecule has 2 rings (SSSR count). The minimum atomic E-state index is -1.22. The van der Waals surface area contributed by atoms with E-state index in [0.29, 0.717) is 4.88 Å². The quantitative estimate of drug-likeness (QED) is 0.385. The highest BCUT2D eigenvalue weighted by Crippen LogP contribution is 2.23. The number of hydrogen-bond donors (Lipinski definition) is 2. The fourth-order valence-electron chi connectivity index (χ4n) is 2.39. The Morgan fingerprint density at radius 2 is 1.79 bits per heavy atom. The number of carbonyl (C=O) groups is 3. The van der Waals surface area contributed by atoms with E-state index in [4.69, 9.17) is 4.74 Å². The molecular formula is C19H21N3O6S. The monoisotopic (exact) mass is 419 g/mol. The Labute approximate surface area is 171 Å². The zero-order valence-corrected chi connectivity index (χ0v) is 16.9. The van der Waals surface area contributed by atoms with Gasteiger partial charge in [-0.3, -0.25) is 19.7 Å². The number of hydrogen-bond acceptors (Lipinski definition) is 7. The van der Waals surface area contributed by atoms with Crippen LogP contribution in [0, 0.1) is 16.0 Å². The molecule has 0 saturated heterocycles. The molecule has 1 heterocycles. The first-order valence-electron chi connectivity index (χ1n) is 8.79. The second kappa shape index (κ2) is 9.78. The van der Waals surface area contributed by atoms with Crippen molar-refractivity contribution in [2.24, 2.45) is 5.92 Å². The second-order valence-corrected chi connectivity index (χ2v) is 7.46. The molecule has 0 fully saturated rings. The average molecular weight is 419 g/mol. The summed E-state index contributed by atoms with van der Waals surface area (Å²) in [4.78, 5) is 47.9. The number of anilines is 1. The molecule has 154 valence electrons. The van der Waals surface area contributed by atoms with Crippen molar-refractivity contribution in [3.63, 3.8) is 0 Å². The standard InChI is InChI=1S/C19H21N3O6S/c1-11(2)16(21-18(24)15-9-6-10-29-15)19(25)28-12(3)17(23)20-13-7-4-5-8-14(13)22(26)27/h4-12,16H,1-3H3,(H,20,23)(H,21,24)/t12-,16+/m1/s1. The fraction of sp³-hybridized carbons (Fsp3) is 0.316. The third kappa shape index (κ3) is 5.85. The van der Waals surface area contributed by atoms with E-state index in [-0.39, 0.29) is 17.3 Å². The van der Waals surface area contributed by atoms with Crippen molar-refractivity contribution in [3.05, 3.63) is 56.8 Å². The Balaban J connectivity index is 2.02. The van der Waals surface area contributed by atoms with Crippen molar-refractivity contribution >= 4 is 40.5 Å². The molecule has 9 nitrogen and oxygen atoms in total. The average Bonchev–Trinajstić information content (AvgIpc) is 3.20. The van der Waals surface area contributed by atoms with Gasteiger partial charge in [0, 0.05) is 6.07 Å². The number of esters is 1. The number of para-hydroxylation sites is 2. The van der Waals surface area contributed by atoms with E-state index in [1.165, 1.54) is 42.5 Å². The lowest BCUT2D eigenvalue weighted by atomic mass is 10.0. The number of nitrogens with zero attached hydrogens (tertiary/aromatic N) is 1. The van der Waals surface area contributed by atoms with Gasteiger partial charge < -0.3 is 15.4 Å². The predicted octanol–water partition coefficient (Wildman–Crippen LogP) is 2.98. The number of benzene rings is 1. The number of rotatable bonds is 8. The van der Waals surface area contributed by atoms with Crippen molar-refractivity contribution in [2.45, 2.75) is 32.9 Å². The summed E-state index contributed by atoms with van der Waals surface area (Å²) in [6.07, 6.45) is -1.22. The number of nitrogens with one attached hydrogen (secondary N) is 2. The summed E-state index contributed by atoms with van der Waals surface area (Å²) < 4.78 is 5.19. The molecule has 10 heteroatoms. The molecule has 0 radical (unpaired) electrons. The largest absolute Gasteiger partial charge is 0.451 e. The molecule has 1 aromatic heterocycles. The molecule has 0 bridgehead atoms. The molecule has 0 aliphatic heterocycles. The first kappa shape index (κ1) is 22.0. The molecule has 2 N–H and O–H groups in total. The van der Waals surface area contributed by atoms with Gasteiger partial charge in [0.15, 0.2) is 6.10 Å². The van der Waals surface area contributed by atoms with Crippen molar-refractivity contribution in [2.75, 3.05) is 5.32 Å². The van der Waals surface area contributed by atoms with Gasteiger partial charge in [-0.25, -0.2) is 4.79 Å². The summed E-state index contributed by atoms with van der Waals surface area (Å²) in [6.45, 7) is 4.82. The summed E-state index contributed by atoms with van der Waals surface area (Å²) in [6, 6.07) is 8.04. The van der Waals surface area contributed by atoms with E-state index >= 15 is 0 Å². The van der Waals surface area contributed by atoms with Crippen molar-refractivity contribution < 1.29 is 24.0 Å². The molecule has 2 amide bonds. The van der Waals surface area contributed by atoms with Gasteiger partial charge in [-0.05, 0) is 30.4 Å². The number of ether oxygens (including phenoxy) is 1. The molecule has 0 saturated carbocycles. The summed E-state index contributed by atoms with van der Waals surface area (Å²) in [5.41, 5.74) is -0.278. The van der Waals surface area contributed by atoms with Crippen molar-refractivity contribution in [3.8, 4) is 0 Å². The van der Waals surface area contributed by atoms with E-state index in [9.17, 15) is 24.5 Å². The summed E-state index contributed by atoms with van der Waals surface area (Å²) in [5, 5.41) is 17.8. The molecule has 0 aliphatic rings. The van der Waals surface area contributed by atoms with Gasteiger partial charge in [0.1, 0.15) is 11.7 Å². The maximum atomic E-state index is 12.5. The lowest BCUT2D eigenvalue weighted by Gasteiger charge is -2.22. The highest BCUT2D eigenvalue weighted by Gasteiger charge is 2.30. The van der Waals surface area contributed by atoms with Crippen molar-refractivity contribution in [1.82, 2.24) is 5.32 Å². The van der Waals surface area contributed by atoms with Crippen LogP contribution in [0.5, 0.6) is 0 Å². The predicted molar refractivity (Wildman–Crippen MR) is 108 cm³/mol. The number of amides is 2. The molecule has 2 aromatic rings. The third-order valence-electron chi connectivity index (χ3n) is 3.97. The van der Waals surface area contributed by atoms with Crippen LogP contribution in [0.2, 0.25) is 0 Å². The number of nitro groups is 1. The second-order valence-electron chi connectivity index (χ2n) is 6.52. The summed E-state index contributed by atoms with van der Waals surface area (Å²) in [5.74, 6) is -2.18. The van der Waals surface area contributed by atoms with Gasteiger partial charge in [0.2, 0.25) is 0 Å². The van der Waals surface area contributed by atoms with E-state index in [2.05, 4.69) is 10.6 Å². The highest BCUT2D eigenvalue weighted by atomic mass is 32.1. The zero-order chi connectivity index (χ0) is 21.6.